The van der Waals surface area contributed by atoms with Crippen molar-refractivity contribution >= 4 is 17.7 Å². The maximum atomic E-state index is 11.0. The normalized spacial score (nSPS) is 12.5. The van der Waals surface area contributed by atoms with Gasteiger partial charge in [0.1, 0.15) is 0 Å². The SMILES string of the molecule is CSC(C)CCNC(=O)CCCO. The van der Waals surface area contributed by atoms with Crippen molar-refractivity contribution in [2.45, 2.75) is 31.4 Å². The van der Waals surface area contributed by atoms with Gasteiger partial charge in [0.2, 0.25) is 5.91 Å². The van der Waals surface area contributed by atoms with Gasteiger partial charge in [0, 0.05) is 24.8 Å². The Kier molecular flexibility index (Phi) is 8.24. The standard InChI is InChI=1S/C9H19NO2S/c1-8(13-2)5-6-10-9(12)4-3-7-11/h8,11H,3-7H2,1-2H3,(H,10,12). The Labute approximate surface area is 84.3 Å². The largest absolute Gasteiger partial charge is 0.396 e. The lowest BCUT2D eigenvalue weighted by Gasteiger charge is -2.08. The molecular weight excluding hydrogens is 186 g/mol. The minimum Gasteiger partial charge on any atom is -0.396 e. The summed E-state index contributed by atoms with van der Waals surface area (Å²) in [7, 11) is 0. The predicted molar refractivity (Wildman–Crippen MR) is 56.9 cm³/mol. The Morgan fingerprint density at radius 2 is 2.31 bits per heavy atom. The van der Waals surface area contributed by atoms with Crippen LogP contribution in [0.25, 0.3) is 0 Å². The van der Waals surface area contributed by atoms with Crippen molar-refractivity contribution in [3.63, 3.8) is 0 Å². The molecule has 0 heterocycles. The van der Waals surface area contributed by atoms with Gasteiger partial charge in [-0.3, -0.25) is 4.79 Å². The average Bonchev–Trinajstić information content (AvgIpc) is 2.14. The Morgan fingerprint density at radius 1 is 1.62 bits per heavy atom. The van der Waals surface area contributed by atoms with Crippen molar-refractivity contribution in [2.75, 3.05) is 19.4 Å². The van der Waals surface area contributed by atoms with Gasteiger partial charge in [-0.05, 0) is 19.1 Å². The summed E-state index contributed by atoms with van der Waals surface area (Å²) in [6.07, 6.45) is 4.07. The van der Waals surface area contributed by atoms with Crippen LogP contribution in [0.4, 0.5) is 0 Å². The third-order valence-electron chi connectivity index (χ3n) is 1.84. The number of carbonyl (C=O) groups is 1. The summed E-state index contributed by atoms with van der Waals surface area (Å²) < 4.78 is 0. The Hall–Kier alpha value is -0.220. The second-order valence-corrected chi connectivity index (χ2v) is 4.29. The quantitative estimate of drug-likeness (QED) is 0.652. The fraction of sp³-hybridized carbons (Fsp3) is 0.889. The molecule has 0 radical (unpaired) electrons. The fourth-order valence-electron chi connectivity index (χ4n) is 0.861. The summed E-state index contributed by atoms with van der Waals surface area (Å²) in [5.41, 5.74) is 0. The molecule has 0 bridgehead atoms. The van der Waals surface area contributed by atoms with Crippen LogP contribution < -0.4 is 5.32 Å². The third-order valence-corrected chi connectivity index (χ3v) is 2.88. The van der Waals surface area contributed by atoms with E-state index in [1.165, 1.54) is 0 Å². The monoisotopic (exact) mass is 205 g/mol. The Bertz CT molecular complexity index is 142. The van der Waals surface area contributed by atoms with E-state index in [9.17, 15) is 4.79 Å². The van der Waals surface area contributed by atoms with E-state index >= 15 is 0 Å². The van der Waals surface area contributed by atoms with Crippen LogP contribution in [0.3, 0.4) is 0 Å². The molecule has 78 valence electrons. The molecule has 0 aliphatic carbocycles. The predicted octanol–water partition coefficient (Wildman–Crippen LogP) is 1.02. The van der Waals surface area contributed by atoms with E-state index in [0.717, 1.165) is 13.0 Å². The topological polar surface area (TPSA) is 49.3 Å². The van der Waals surface area contributed by atoms with Gasteiger partial charge in [-0.2, -0.15) is 11.8 Å². The van der Waals surface area contributed by atoms with E-state index in [4.69, 9.17) is 5.11 Å². The highest BCUT2D eigenvalue weighted by Gasteiger charge is 2.02. The zero-order valence-electron chi connectivity index (χ0n) is 8.38. The molecule has 0 rings (SSSR count). The van der Waals surface area contributed by atoms with Gasteiger partial charge < -0.3 is 10.4 Å². The van der Waals surface area contributed by atoms with Gasteiger partial charge in [0.25, 0.3) is 0 Å². The van der Waals surface area contributed by atoms with Crippen molar-refractivity contribution in [3.05, 3.63) is 0 Å². The van der Waals surface area contributed by atoms with Crippen molar-refractivity contribution in [1.29, 1.82) is 0 Å². The maximum absolute atomic E-state index is 11.0. The molecule has 4 heteroatoms. The minimum atomic E-state index is 0.0438. The summed E-state index contributed by atoms with van der Waals surface area (Å²) in [6.45, 7) is 2.98. The van der Waals surface area contributed by atoms with Gasteiger partial charge in [0.05, 0.1) is 0 Å². The number of thioether (sulfide) groups is 1. The van der Waals surface area contributed by atoms with Crippen LogP contribution in [0.5, 0.6) is 0 Å². The van der Waals surface area contributed by atoms with Crippen molar-refractivity contribution in [3.8, 4) is 0 Å². The lowest BCUT2D eigenvalue weighted by Crippen LogP contribution is -2.25. The molecule has 0 saturated heterocycles. The van der Waals surface area contributed by atoms with Crippen LogP contribution in [-0.2, 0) is 4.79 Å². The first-order chi connectivity index (χ1) is 6.20. The number of amides is 1. The zero-order valence-corrected chi connectivity index (χ0v) is 9.19. The van der Waals surface area contributed by atoms with Gasteiger partial charge in [-0.25, -0.2) is 0 Å². The summed E-state index contributed by atoms with van der Waals surface area (Å²) in [4.78, 5) is 11.0. The summed E-state index contributed by atoms with van der Waals surface area (Å²) in [5, 5.41) is 11.9. The molecule has 0 aliphatic heterocycles. The molecule has 0 saturated carbocycles. The van der Waals surface area contributed by atoms with Crippen molar-refractivity contribution < 1.29 is 9.90 Å². The molecule has 0 fully saturated rings. The second kappa shape index (κ2) is 8.38. The van der Waals surface area contributed by atoms with Gasteiger partial charge in [-0.15, -0.1) is 0 Å². The minimum absolute atomic E-state index is 0.0438. The van der Waals surface area contributed by atoms with Crippen LogP contribution in [0.2, 0.25) is 0 Å². The van der Waals surface area contributed by atoms with Crippen molar-refractivity contribution in [2.24, 2.45) is 0 Å². The number of aliphatic hydroxyl groups excluding tert-OH is 1. The molecule has 1 atom stereocenters. The molecule has 13 heavy (non-hydrogen) atoms. The highest BCUT2D eigenvalue weighted by atomic mass is 32.2. The first kappa shape index (κ1) is 12.8. The maximum Gasteiger partial charge on any atom is 0.220 e. The van der Waals surface area contributed by atoms with E-state index in [1.807, 2.05) is 0 Å². The molecule has 0 aliphatic rings. The average molecular weight is 205 g/mol. The van der Waals surface area contributed by atoms with E-state index in [0.29, 0.717) is 18.1 Å². The van der Waals surface area contributed by atoms with E-state index in [2.05, 4.69) is 18.5 Å². The number of aliphatic hydroxyl groups is 1. The van der Waals surface area contributed by atoms with Gasteiger partial charge in [-0.1, -0.05) is 6.92 Å². The van der Waals surface area contributed by atoms with E-state index in [-0.39, 0.29) is 12.5 Å². The Morgan fingerprint density at radius 3 is 2.85 bits per heavy atom. The van der Waals surface area contributed by atoms with Crippen LogP contribution in [0.15, 0.2) is 0 Å². The highest BCUT2D eigenvalue weighted by Crippen LogP contribution is 2.07. The molecule has 1 amide bonds. The van der Waals surface area contributed by atoms with E-state index < -0.39 is 0 Å². The number of carbonyl (C=O) groups excluding carboxylic acids is 1. The molecule has 2 N–H and O–H groups in total. The number of hydrogen-bond acceptors (Lipinski definition) is 3. The molecule has 0 spiro atoms. The number of rotatable bonds is 7. The first-order valence-corrected chi connectivity index (χ1v) is 5.89. The molecule has 0 aromatic heterocycles. The number of nitrogens with one attached hydrogen (secondary N) is 1. The summed E-state index contributed by atoms with van der Waals surface area (Å²) in [6, 6.07) is 0. The molecule has 0 aromatic rings. The third kappa shape index (κ3) is 8.12. The second-order valence-electron chi connectivity index (χ2n) is 3.01. The summed E-state index contributed by atoms with van der Waals surface area (Å²) in [5.74, 6) is 0.0438. The molecule has 3 nitrogen and oxygen atoms in total. The lowest BCUT2D eigenvalue weighted by atomic mass is 10.3. The van der Waals surface area contributed by atoms with Gasteiger partial charge in [0.15, 0.2) is 0 Å². The first-order valence-electron chi connectivity index (χ1n) is 4.61. The molecule has 0 aromatic carbocycles. The van der Waals surface area contributed by atoms with Crippen LogP contribution in [0.1, 0.15) is 26.2 Å². The summed E-state index contributed by atoms with van der Waals surface area (Å²) >= 11 is 1.80. The fourth-order valence-corrected chi connectivity index (χ4v) is 1.21. The molecule has 1 unspecified atom stereocenters. The smallest absolute Gasteiger partial charge is 0.220 e. The van der Waals surface area contributed by atoms with Crippen molar-refractivity contribution in [1.82, 2.24) is 5.32 Å². The highest BCUT2D eigenvalue weighted by molar-refractivity contribution is 7.99. The molecular formula is C9H19NO2S. The van der Waals surface area contributed by atoms with Crippen LogP contribution >= 0.6 is 11.8 Å². The van der Waals surface area contributed by atoms with Gasteiger partial charge >= 0.3 is 0 Å². The number of hydrogen-bond donors (Lipinski definition) is 2. The lowest BCUT2D eigenvalue weighted by molar-refractivity contribution is -0.121. The Balaban J connectivity index is 3.26. The zero-order chi connectivity index (χ0) is 10.1. The van der Waals surface area contributed by atoms with Crippen LogP contribution in [0, 0.1) is 0 Å². The van der Waals surface area contributed by atoms with E-state index in [1.54, 1.807) is 11.8 Å². The van der Waals surface area contributed by atoms with Crippen LogP contribution in [-0.4, -0.2) is 35.7 Å².